The summed E-state index contributed by atoms with van der Waals surface area (Å²) in [5.74, 6) is 0.358. The van der Waals surface area contributed by atoms with Gasteiger partial charge >= 0.3 is 6.09 Å². The lowest BCUT2D eigenvalue weighted by molar-refractivity contribution is 0.122. The average Bonchev–Trinajstić information content (AvgIpc) is 3.27. The van der Waals surface area contributed by atoms with E-state index in [2.05, 4.69) is 36.2 Å². The van der Waals surface area contributed by atoms with Gasteiger partial charge in [0.2, 0.25) is 0 Å². The Bertz CT molecular complexity index is 771. The quantitative estimate of drug-likeness (QED) is 0.826. The van der Waals surface area contributed by atoms with E-state index >= 15 is 0 Å². The first-order valence-electron chi connectivity index (χ1n) is 9.11. The molecule has 2 aromatic rings. The van der Waals surface area contributed by atoms with Crippen LogP contribution in [0.1, 0.15) is 23.5 Å². The molecule has 1 amide bonds. The number of carbonyl (C=O) groups is 1. The molecule has 2 aliphatic rings. The third-order valence-corrected chi connectivity index (χ3v) is 5.35. The van der Waals surface area contributed by atoms with Crippen LogP contribution in [0.4, 0.5) is 4.79 Å². The average molecular weight is 349 g/mol. The first-order chi connectivity index (χ1) is 12.8. The molecule has 0 aromatic heterocycles. The summed E-state index contributed by atoms with van der Waals surface area (Å²) in [5, 5.41) is 2.87. The number of carbonyl (C=O) groups excluding carboxylic acids is 1. The van der Waals surface area contributed by atoms with Crippen molar-refractivity contribution in [2.45, 2.75) is 18.4 Å². The van der Waals surface area contributed by atoms with Crippen LogP contribution in [-0.4, -0.2) is 32.0 Å². The van der Waals surface area contributed by atoms with Gasteiger partial charge in [0.15, 0.2) is 0 Å². The van der Waals surface area contributed by atoms with E-state index in [0.29, 0.717) is 19.8 Å². The van der Waals surface area contributed by atoms with E-state index in [1.165, 1.54) is 22.3 Å². The van der Waals surface area contributed by atoms with Gasteiger partial charge in [0.25, 0.3) is 0 Å². The van der Waals surface area contributed by atoms with E-state index in [1.54, 1.807) is 6.08 Å². The summed E-state index contributed by atoms with van der Waals surface area (Å²) in [4.78, 5) is 12.2. The fraction of sp³-hybridized carbons (Fsp3) is 0.318. The van der Waals surface area contributed by atoms with Gasteiger partial charge in [-0.3, -0.25) is 0 Å². The van der Waals surface area contributed by atoms with Crippen LogP contribution in [0.15, 0.2) is 61.2 Å². The second-order valence-corrected chi connectivity index (χ2v) is 6.83. The molecule has 1 aliphatic heterocycles. The maximum atomic E-state index is 12.2. The molecule has 1 saturated heterocycles. The van der Waals surface area contributed by atoms with E-state index in [1.807, 2.05) is 24.3 Å². The predicted molar refractivity (Wildman–Crippen MR) is 101 cm³/mol. The van der Waals surface area contributed by atoms with Crippen LogP contribution >= 0.6 is 0 Å². The van der Waals surface area contributed by atoms with Crippen LogP contribution in [0.25, 0.3) is 11.1 Å². The predicted octanol–water partition coefficient (Wildman–Crippen LogP) is 4.12. The number of benzene rings is 2. The Morgan fingerprint density at radius 1 is 1.15 bits per heavy atom. The highest BCUT2D eigenvalue weighted by Crippen LogP contribution is 2.44. The minimum atomic E-state index is -0.374. The van der Waals surface area contributed by atoms with E-state index in [4.69, 9.17) is 9.47 Å². The lowest BCUT2D eigenvalue weighted by atomic mass is 9.98. The molecule has 4 nitrogen and oxygen atoms in total. The zero-order valence-electron chi connectivity index (χ0n) is 14.7. The van der Waals surface area contributed by atoms with Gasteiger partial charge in [0, 0.05) is 25.0 Å². The number of hydrogen-bond donors (Lipinski definition) is 1. The van der Waals surface area contributed by atoms with Crippen LogP contribution in [0, 0.1) is 5.92 Å². The third kappa shape index (κ3) is 3.13. The highest BCUT2D eigenvalue weighted by molar-refractivity contribution is 5.79. The van der Waals surface area contributed by atoms with Crippen molar-refractivity contribution in [3.63, 3.8) is 0 Å². The van der Waals surface area contributed by atoms with Gasteiger partial charge in [0.1, 0.15) is 6.61 Å². The zero-order chi connectivity index (χ0) is 17.9. The molecule has 1 aliphatic carbocycles. The van der Waals surface area contributed by atoms with Crippen molar-refractivity contribution in [3.8, 4) is 11.1 Å². The minimum absolute atomic E-state index is 0.0175. The van der Waals surface area contributed by atoms with Gasteiger partial charge in [-0.05, 0) is 28.7 Å². The number of ether oxygens (including phenoxy) is 2. The van der Waals surface area contributed by atoms with Crippen molar-refractivity contribution >= 4 is 6.09 Å². The third-order valence-electron chi connectivity index (χ3n) is 5.35. The summed E-state index contributed by atoms with van der Waals surface area (Å²) in [6.45, 7) is 5.39. The monoisotopic (exact) mass is 349 g/mol. The Morgan fingerprint density at radius 3 is 2.46 bits per heavy atom. The first-order valence-corrected chi connectivity index (χ1v) is 9.11. The molecule has 134 valence electrons. The summed E-state index contributed by atoms with van der Waals surface area (Å²) in [5.41, 5.74) is 4.90. The molecular weight excluding hydrogens is 326 g/mol. The number of amides is 1. The summed E-state index contributed by atoms with van der Waals surface area (Å²) in [6, 6.07) is 16.7. The lowest BCUT2D eigenvalue weighted by Crippen LogP contribution is -2.33. The number of nitrogens with one attached hydrogen (secondary N) is 1. The summed E-state index contributed by atoms with van der Waals surface area (Å²) >= 11 is 0. The van der Waals surface area contributed by atoms with E-state index in [0.717, 1.165) is 6.42 Å². The smallest absolute Gasteiger partial charge is 0.407 e. The Morgan fingerprint density at radius 2 is 1.81 bits per heavy atom. The highest BCUT2D eigenvalue weighted by Gasteiger charge is 2.29. The number of alkyl carbamates (subject to hydrolysis) is 1. The van der Waals surface area contributed by atoms with Crippen molar-refractivity contribution in [1.29, 1.82) is 0 Å². The molecule has 2 aromatic carbocycles. The Kier molecular flexibility index (Phi) is 4.76. The van der Waals surface area contributed by atoms with Crippen LogP contribution in [0.2, 0.25) is 0 Å². The molecule has 0 spiro atoms. The Balaban J connectivity index is 1.39. The van der Waals surface area contributed by atoms with E-state index in [9.17, 15) is 4.79 Å². The largest absolute Gasteiger partial charge is 0.449 e. The summed E-state index contributed by atoms with van der Waals surface area (Å²) in [6.07, 6.45) is 2.38. The van der Waals surface area contributed by atoms with E-state index < -0.39 is 0 Å². The van der Waals surface area contributed by atoms with Crippen LogP contribution in [0.5, 0.6) is 0 Å². The fourth-order valence-corrected chi connectivity index (χ4v) is 4.00. The molecule has 0 saturated carbocycles. The molecule has 1 heterocycles. The molecule has 2 atom stereocenters. The molecule has 0 radical (unpaired) electrons. The normalized spacial score (nSPS) is 21.1. The molecule has 26 heavy (non-hydrogen) atoms. The van der Waals surface area contributed by atoms with Gasteiger partial charge in [-0.15, -0.1) is 6.58 Å². The zero-order valence-corrected chi connectivity index (χ0v) is 14.7. The molecule has 0 unspecified atom stereocenters. The Hall–Kier alpha value is -2.59. The maximum absolute atomic E-state index is 12.2. The lowest BCUT2D eigenvalue weighted by Gasteiger charge is -2.17. The second-order valence-electron chi connectivity index (χ2n) is 6.83. The highest BCUT2D eigenvalue weighted by atomic mass is 16.5. The van der Waals surface area contributed by atoms with Crippen molar-refractivity contribution in [2.75, 3.05) is 19.8 Å². The van der Waals surface area contributed by atoms with Gasteiger partial charge in [-0.1, -0.05) is 54.6 Å². The summed E-state index contributed by atoms with van der Waals surface area (Å²) < 4.78 is 11.1. The van der Waals surface area contributed by atoms with Crippen LogP contribution in [-0.2, 0) is 9.47 Å². The van der Waals surface area contributed by atoms with Crippen LogP contribution in [0.3, 0.4) is 0 Å². The molecule has 0 bridgehead atoms. The van der Waals surface area contributed by atoms with Gasteiger partial charge < -0.3 is 14.8 Å². The second kappa shape index (κ2) is 7.34. The summed E-state index contributed by atoms with van der Waals surface area (Å²) in [7, 11) is 0. The van der Waals surface area contributed by atoms with Crippen molar-refractivity contribution in [2.24, 2.45) is 5.92 Å². The fourth-order valence-electron chi connectivity index (χ4n) is 4.00. The Labute approximate surface area is 153 Å². The molecule has 1 fully saturated rings. The molecule has 4 rings (SSSR count). The number of rotatable bonds is 5. The van der Waals surface area contributed by atoms with Crippen LogP contribution < -0.4 is 5.32 Å². The molecule has 4 heteroatoms. The SMILES string of the molecule is C=C[C@@H]1OCC[C@H]1CNC(=O)OCC1c2ccccc2-c2ccccc21. The first kappa shape index (κ1) is 16.9. The number of fused-ring (bicyclic) bond motifs is 3. The number of hydrogen-bond acceptors (Lipinski definition) is 3. The standard InChI is InChI=1S/C22H23NO3/c1-2-21-15(11-12-25-21)13-23-22(24)26-14-20-18-9-5-3-7-16(18)17-8-4-6-10-19(17)20/h2-10,15,20-21H,1,11-14H2,(H,23,24)/t15-,21-/m0/s1. The van der Waals surface area contributed by atoms with Gasteiger partial charge in [0.05, 0.1) is 6.10 Å². The van der Waals surface area contributed by atoms with Crippen molar-refractivity contribution < 1.29 is 14.3 Å². The molecular formula is C22H23NO3. The minimum Gasteiger partial charge on any atom is -0.449 e. The van der Waals surface area contributed by atoms with Gasteiger partial charge in [-0.25, -0.2) is 4.79 Å². The van der Waals surface area contributed by atoms with Crippen molar-refractivity contribution in [3.05, 3.63) is 72.3 Å². The van der Waals surface area contributed by atoms with E-state index in [-0.39, 0.29) is 24.0 Å². The maximum Gasteiger partial charge on any atom is 0.407 e. The topological polar surface area (TPSA) is 47.6 Å². The van der Waals surface area contributed by atoms with Crippen molar-refractivity contribution in [1.82, 2.24) is 5.32 Å². The van der Waals surface area contributed by atoms with Gasteiger partial charge in [-0.2, -0.15) is 0 Å². The molecule has 1 N–H and O–H groups in total.